The fourth-order valence-corrected chi connectivity index (χ4v) is 4.21. The summed E-state index contributed by atoms with van der Waals surface area (Å²) in [7, 11) is 0. The van der Waals surface area contributed by atoms with E-state index < -0.39 is 18.0 Å². The summed E-state index contributed by atoms with van der Waals surface area (Å²) < 4.78 is 10.8. The van der Waals surface area contributed by atoms with Crippen LogP contribution in [0.1, 0.15) is 53.1 Å². The van der Waals surface area contributed by atoms with Gasteiger partial charge in [-0.2, -0.15) is 0 Å². The number of rotatable bonds is 10. The van der Waals surface area contributed by atoms with Gasteiger partial charge in [-0.25, -0.2) is 9.78 Å². The van der Waals surface area contributed by atoms with Crippen molar-refractivity contribution in [3.63, 3.8) is 0 Å². The van der Waals surface area contributed by atoms with Gasteiger partial charge in [0.05, 0.1) is 6.54 Å². The first-order chi connectivity index (χ1) is 16.9. The quantitative estimate of drug-likeness (QED) is 0.403. The molecule has 1 unspecified atom stereocenters. The second-order valence-electron chi connectivity index (χ2n) is 8.55. The zero-order valence-electron chi connectivity index (χ0n) is 19.3. The molecule has 4 rings (SSSR count). The molecule has 0 fully saturated rings. The van der Waals surface area contributed by atoms with Gasteiger partial charge in [-0.3, -0.25) is 9.59 Å². The van der Waals surface area contributed by atoms with Gasteiger partial charge in [0, 0.05) is 18.9 Å². The number of alkyl carbamates (subject to hydrolysis) is 1. The number of hydrogen-bond acceptors (Lipinski definition) is 6. The Hall–Kier alpha value is -4.14. The zero-order chi connectivity index (χ0) is 24.8. The van der Waals surface area contributed by atoms with Crippen LogP contribution in [-0.4, -0.2) is 41.2 Å². The number of carboxylic acid groups (broad SMARTS) is 1. The molecule has 0 saturated heterocycles. The Kier molecular flexibility index (Phi) is 7.45. The van der Waals surface area contributed by atoms with E-state index in [1.807, 2.05) is 43.3 Å². The lowest BCUT2D eigenvalue weighted by Crippen LogP contribution is -2.31. The Morgan fingerprint density at radius 2 is 1.71 bits per heavy atom. The SMILES string of the molecule is CC(CCC(=O)O)CNC(=O)c1ncoc1CNC(=O)OCC1c2ccccc2-c2ccccc21. The molecular weight excluding hydrogens is 450 g/mol. The Balaban J connectivity index is 1.29. The molecule has 0 aliphatic heterocycles. The number of amides is 2. The number of carboxylic acids is 1. The van der Waals surface area contributed by atoms with E-state index in [-0.39, 0.29) is 42.9 Å². The van der Waals surface area contributed by atoms with Crippen molar-refractivity contribution < 1.29 is 28.6 Å². The molecule has 1 heterocycles. The first-order valence-corrected chi connectivity index (χ1v) is 11.4. The van der Waals surface area contributed by atoms with Crippen LogP contribution >= 0.6 is 0 Å². The molecule has 3 N–H and O–H groups in total. The molecule has 0 spiro atoms. The van der Waals surface area contributed by atoms with E-state index in [0.717, 1.165) is 28.6 Å². The number of carbonyl (C=O) groups excluding carboxylic acids is 2. The highest BCUT2D eigenvalue weighted by molar-refractivity contribution is 5.93. The normalized spacial score (nSPS) is 12.9. The van der Waals surface area contributed by atoms with E-state index in [4.69, 9.17) is 14.3 Å². The predicted molar refractivity (Wildman–Crippen MR) is 127 cm³/mol. The fourth-order valence-electron chi connectivity index (χ4n) is 4.21. The van der Waals surface area contributed by atoms with Gasteiger partial charge in [-0.1, -0.05) is 55.5 Å². The summed E-state index contributed by atoms with van der Waals surface area (Å²) in [6.07, 6.45) is 0.996. The van der Waals surface area contributed by atoms with Crippen LogP contribution in [0.25, 0.3) is 11.1 Å². The summed E-state index contributed by atoms with van der Waals surface area (Å²) >= 11 is 0. The number of hydrogen-bond donors (Lipinski definition) is 3. The summed E-state index contributed by atoms with van der Waals surface area (Å²) in [5.41, 5.74) is 4.59. The topological polar surface area (TPSA) is 131 Å². The summed E-state index contributed by atoms with van der Waals surface area (Å²) in [5.74, 6) is -1.19. The number of aliphatic carboxylic acids is 1. The molecule has 0 bridgehead atoms. The highest BCUT2D eigenvalue weighted by Crippen LogP contribution is 2.44. The second kappa shape index (κ2) is 10.9. The highest BCUT2D eigenvalue weighted by Gasteiger charge is 2.29. The minimum absolute atomic E-state index is 0.00986. The Labute approximate surface area is 202 Å². The van der Waals surface area contributed by atoms with Crippen molar-refractivity contribution in [1.82, 2.24) is 15.6 Å². The molecule has 182 valence electrons. The molecule has 0 radical (unpaired) electrons. The lowest BCUT2D eigenvalue weighted by Gasteiger charge is -2.14. The van der Waals surface area contributed by atoms with Gasteiger partial charge in [0.1, 0.15) is 6.61 Å². The lowest BCUT2D eigenvalue weighted by molar-refractivity contribution is -0.137. The van der Waals surface area contributed by atoms with Crippen LogP contribution in [0.4, 0.5) is 4.79 Å². The van der Waals surface area contributed by atoms with Crippen LogP contribution in [-0.2, 0) is 16.1 Å². The maximum atomic E-state index is 12.5. The summed E-state index contributed by atoms with van der Waals surface area (Å²) in [6, 6.07) is 16.2. The average Bonchev–Trinajstić information content (AvgIpc) is 3.46. The van der Waals surface area contributed by atoms with Crippen molar-refractivity contribution in [3.05, 3.63) is 77.5 Å². The van der Waals surface area contributed by atoms with Crippen molar-refractivity contribution in [2.45, 2.75) is 32.2 Å². The number of fused-ring (bicyclic) bond motifs is 3. The third kappa shape index (κ3) is 5.68. The van der Waals surface area contributed by atoms with E-state index in [0.29, 0.717) is 13.0 Å². The smallest absolute Gasteiger partial charge is 0.407 e. The van der Waals surface area contributed by atoms with Crippen molar-refractivity contribution in [3.8, 4) is 11.1 Å². The molecule has 35 heavy (non-hydrogen) atoms. The molecule has 3 aromatic rings. The molecule has 1 aliphatic rings. The fraction of sp³-hybridized carbons (Fsp3) is 0.308. The number of carbonyl (C=O) groups is 3. The van der Waals surface area contributed by atoms with Crippen LogP contribution in [0, 0.1) is 5.92 Å². The molecule has 0 saturated carbocycles. The zero-order valence-corrected chi connectivity index (χ0v) is 19.3. The van der Waals surface area contributed by atoms with Crippen molar-refractivity contribution in [1.29, 1.82) is 0 Å². The molecule has 1 aromatic heterocycles. The molecule has 2 aromatic carbocycles. The third-order valence-electron chi connectivity index (χ3n) is 6.06. The monoisotopic (exact) mass is 477 g/mol. The van der Waals surface area contributed by atoms with Gasteiger partial charge in [-0.15, -0.1) is 0 Å². The summed E-state index contributed by atoms with van der Waals surface area (Å²) in [6.45, 7) is 2.27. The van der Waals surface area contributed by atoms with Crippen LogP contribution in [0.2, 0.25) is 0 Å². The summed E-state index contributed by atoms with van der Waals surface area (Å²) in [5, 5.41) is 14.1. The van der Waals surface area contributed by atoms with Gasteiger partial charge in [-0.05, 0) is 34.6 Å². The first kappa shape index (κ1) is 24.0. The van der Waals surface area contributed by atoms with E-state index in [1.165, 1.54) is 0 Å². The number of ether oxygens (including phenoxy) is 1. The first-order valence-electron chi connectivity index (χ1n) is 11.4. The van der Waals surface area contributed by atoms with Crippen molar-refractivity contribution >= 4 is 18.0 Å². The minimum atomic E-state index is -0.874. The maximum Gasteiger partial charge on any atom is 0.407 e. The van der Waals surface area contributed by atoms with Crippen LogP contribution in [0.15, 0.2) is 59.3 Å². The lowest BCUT2D eigenvalue weighted by atomic mass is 9.98. The molecule has 9 heteroatoms. The number of aromatic nitrogens is 1. The summed E-state index contributed by atoms with van der Waals surface area (Å²) in [4.78, 5) is 39.5. The van der Waals surface area contributed by atoms with Crippen LogP contribution < -0.4 is 10.6 Å². The van der Waals surface area contributed by atoms with Gasteiger partial charge >= 0.3 is 12.1 Å². The van der Waals surface area contributed by atoms with Crippen LogP contribution in [0.3, 0.4) is 0 Å². The number of oxazole rings is 1. The number of benzene rings is 2. The molecular formula is C26H27N3O6. The molecule has 2 amide bonds. The molecule has 1 aliphatic carbocycles. The third-order valence-corrected chi connectivity index (χ3v) is 6.06. The van der Waals surface area contributed by atoms with Gasteiger partial charge in [0.15, 0.2) is 17.8 Å². The predicted octanol–water partition coefficient (Wildman–Crippen LogP) is 3.94. The highest BCUT2D eigenvalue weighted by atomic mass is 16.5. The largest absolute Gasteiger partial charge is 0.481 e. The van der Waals surface area contributed by atoms with Crippen molar-refractivity contribution in [2.24, 2.45) is 5.92 Å². The Morgan fingerprint density at radius 1 is 1.06 bits per heavy atom. The van der Waals surface area contributed by atoms with E-state index >= 15 is 0 Å². The maximum absolute atomic E-state index is 12.5. The molecule has 9 nitrogen and oxygen atoms in total. The number of nitrogens with one attached hydrogen (secondary N) is 2. The minimum Gasteiger partial charge on any atom is -0.481 e. The number of nitrogens with zero attached hydrogens (tertiary/aromatic N) is 1. The van der Waals surface area contributed by atoms with Crippen LogP contribution in [0.5, 0.6) is 0 Å². The van der Waals surface area contributed by atoms with E-state index in [9.17, 15) is 14.4 Å². The van der Waals surface area contributed by atoms with E-state index in [1.54, 1.807) is 0 Å². The van der Waals surface area contributed by atoms with Gasteiger partial charge < -0.3 is 24.9 Å². The second-order valence-corrected chi connectivity index (χ2v) is 8.55. The Morgan fingerprint density at radius 3 is 2.37 bits per heavy atom. The molecule has 1 atom stereocenters. The van der Waals surface area contributed by atoms with Gasteiger partial charge in [0.2, 0.25) is 0 Å². The standard InChI is InChI=1S/C26H27N3O6/c1-16(10-11-23(30)31)12-27-25(32)24-22(35-15-29-24)13-28-26(33)34-14-21-19-8-4-2-6-17(19)18-7-3-5-9-20(18)21/h2-9,15-16,21H,10-14H2,1H3,(H,27,32)(H,28,33)(H,30,31). The van der Waals surface area contributed by atoms with Crippen molar-refractivity contribution in [2.75, 3.05) is 13.2 Å². The van der Waals surface area contributed by atoms with E-state index in [2.05, 4.69) is 27.8 Å². The Bertz CT molecular complexity index is 1180. The van der Waals surface area contributed by atoms with Gasteiger partial charge in [0.25, 0.3) is 5.91 Å². The average molecular weight is 478 g/mol.